The summed E-state index contributed by atoms with van der Waals surface area (Å²) in [5.41, 5.74) is 4.22. The van der Waals surface area contributed by atoms with E-state index in [-0.39, 0.29) is 11.4 Å². The van der Waals surface area contributed by atoms with Crippen molar-refractivity contribution in [1.29, 1.82) is 0 Å². The van der Waals surface area contributed by atoms with Crippen LogP contribution in [0.1, 0.15) is 50.6 Å². The second kappa shape index (κ2) is 10.0. The molecular formula is C27H25N3O5S2. The van der Waals surface area contributed by atoms with Gasteiger partial charge in [0.2, 0.25) is 5.91 Å². The summed E-state index contributed by atoms with van der Waals surface area (Å²) in [6.45, 7) is 3.40. The number of para-hydroxylation sites is 1. The van der Waals surface area contributed by atoms with Gasteiger partial charge in [0, 0.05) is 22.0 Å². The third-order valence-corrected chi connectivity index (χ3v) is 8.74. The first-order valence-corrected chi connectivity index (χ1v) is 13.5. The first kappa shape index (κ1) is 25.0. The average Bonchev–Trinajstić information content (AvgIpc) is 3.46. The van der Waals surface area contributed by atoms with Crippen LogP contribution in [0.5, 0.6) is 0 Å². The molecule has 0 bridgehead atoms. The molecule has 2 N–H and O–H groups in total. The van der Waals surface area contributed by atoms with Gasteiger partial charge in [-0.1, -0.05) is 18.2 Å². The quantitative estimate of drug-likeness (QED) is 0.409. The van der Waals surface area contributed by atoms with E-state index in [2.05, 4.69) is 5.32 Å². The number of carbonyl (C=O) groups is 4. The first-order valence-electron chi connectivity index (χ1n) is 11.9. The topological polar surface area (TPSA) is 109 Å². The average molecular weight is 536 g/mol. The standard InChI is InChI=1S/C27H25N3O5S2/c1-15-12-17(16(2)30(15)25-23(26(33)34)19-10-6-7-11-20(19)36-25)13-21-24(32)29(27(35)37-21)14-22(31)28-18-8-4-3-5-9-18/h3-5,8-9,12-13H,6-7,10-11,14H2,1-2H3,(H,28,31)(H,33,34)/b21-13-. The molecule has 1 aliphatic heterocycles. The molecule has 5 rings (SSSR count). The fraction of sp³-hybridized carbons (Fsp3) is 0.259. The third-order valence-electron chi connectivity index (χ3n) is 6.56. The van der Waals surface area contributed by atoms with Crippen LogP contribution in [0.25, 0.3) is 11.1 Å². The number of imide groups is 1. The Balaban J connectivity index is 1.41. The molecular weight excluding hydrogens is 510 g/mol. The molecule has 0 unspecified atom stereocenters. The molecule has 3 aromatic rings. The van der Waals surface area contributed by atoms with Crippen LogP contribution in [0.2, 0.25) is 0 Å². The minimum Gasteiger partial charge on any atom is -0.478 e. The number of rotatable bonds is 6. The Bertz CT molecular complexity index is 1470. The van der Waals surface area contributed by atoms with E-state index >= 15 is 0 Å². The lowest BCUT2D eigenvalue weighted by Gasteiger charge is -2.12. The van der Waals surface area contributed by atoms with E-state index in [1.807, 2.05) is 30.5 Å². The van der Waals surface area contributed by atoms with Crippen molar-refractivity contribution >= 4 is 57.9 Å². The highest BCUT2D eigenvalue weighted by Gasteiger charge is 2.36. The third kappa shape index (κ3) is 4.74. The van der Waals surface area contributed by atoms with Gasteiger partial charge in [-0.25, -0.2) is 4.79 Å². The van der Waals surface area contributed by atoms with Crippen molar-refractivity contribution < 1.29 is 24.3 Å². The van der Waals surface area contributed by atoms with Crippen molar-refractivity contribution in [2.24, 2.45) is 0 Å². The van der Waals surface area contributed by atoms with Crippen LogP contribution in [0, 0.1) is 13.8 Å². The maximum Gasteiger partial charge on any atom is 0.339 e. The Kier molecular flexibility index (Phi) is 6.78. The van der Waals surface area contributed by atoms with Crippen molar-refractivity contribution in [2.45, 2.75) is 39.5 Å². The van der Waals surface area contributed by atoms with E-state index in [9.17, 15) is 24.3 Å². The summed E-state index contributed by atoms with van der Waals surface area (Å²) in [6.07, 6.45) is 5.34. The SMILES string of the molecule is Cc1cc(/C=C2\SC(=O)N(CC(=O)Nc3ccccc3)C2=O)c(C)n1-c1sc2c(c1C(=O)O)CCCC2. The molecule has 190 valence electrons. The molecule has 37 heavy (non-hydrogen) atoms. The van der Waals surface area contributed by atoms with E-state index in [1.54, 1.807) is 30.3 Å². The van der Waals surface area contributed by atoms with E-state index in [0.717, 1.165) is 69.7 Å². The van der Waals surface area contributed by atoms with E-state index < -0.39 is 23.0 Å². The maximum atomic E-state index is 13.0. The molecule has 0 radical (unpaired) electrons. The second-order valence-electron chi connectivity index (χ2n) is 9.04. The zero-order valence-electron chi connectivity index (χ0n) is 20.4. The molecule has 0 atom stereocenters. The number of thioether (sulfide) groups is 1. The van der Waals surface area contributed by atoms with Gasteiger partial charge in [-0.3, -0.25) is 19.3 Å². The number of aromatic nitrogens is 1. The number of hydrogen-bond acceptors (Lipinski definition) is 6. The monoisotopic (exact) mass is 535 g/mol. The maximum absolute atomic E-state index is 13.0. The number of nitrogens with zero attached hydrogens (tertiary/aromatic N) is 2. The lowest BCUT2D eigenvalue weighted by atomic mass is 9.95. The van der Waals surface area contributed by atoms with Crippen LogP contribution in [0.15, 0.2) is 41.3 Å². The second-order valence-corrected chi connectivity index (χ2v) is 11.1. The number of benzene rings is 1. The van der Waals surface area contributed by atoms with Gasteiger partial charge in [-0.15, -0.1) is 11.3 Å². The van der Waals surface area contributed by atoms with Gasteiger partial charge < -0.3 is 15.0 Å². The Morgan fingerprint density at radius 3 is 2.57 bits per heavy atom. The van der Waals surface area contributed by atoms with Crippen LogP contribution >= 0.6 is 23.1 Å². The summed E-state index contributed by atoms with van der Waals surface area (Å²) in [6, 6.07) is 10.7. The normalized spacial score (nSPS) is 16.4. The van der Waals surface area contributed by atoms with Gasteiger partial charge in [0.1, 0.15) is 11.5 Å². The number of anilines is 1. The minimum atomic E-state index is -0.932. The van der Waals surface area contributed by atoms with Crippen LogP contribution in [-0.2, 0) is 22.4 Å². The number of amides is 3. The number of fused-ring (bicyclic) bond motifs is 1. The largest absolute Gasteiger partial charge is 0.478 e. The smallest absolute Gasteiger partial charge is 0.339 e. The molecule has 1 fully saturated rings. The van der Waals surface area contributed by atoms with Crippen molar-refractivity contribution in [3.63, 3.8) is 0 Å². The number of aromatic carboxylic acids is 1. The molecule has 8 nitrogen and oxygen atoms in total. The molecule has 0 spiro atoms. The molecule has 10 heteroatoms. The molecule has 1 saturated heterocycles. The van der Waals surface area contributed by atoms with E-state index in [4.69, 9.17) is 0 Å². The Morgan fingerprint density at radius 1 is 1.11 bits per heavy atom. The van der Waals surface area contributed by atoms with E-state index in [1.165, 1.54) is 11.3 Å². The molecule has 3 heterocycles. The highest BCUT2D eigenvalue weighted by atomic mass is 32.2. The Morgan fingerprint density at radius 2 is 1.84 bits per heavy atom. The zero-order valence-corrected chi connectivity index (χ0v) is 22.0. The molecule has 2 aliphatic rings. The van der Waals surface area contributed by atoms with E-state index in [0.29, 0.717) is 16.3 Å². The molecule has 1 aromatic carbocycles. The molecule has 0 saturated carbocycles. The molecule has 3 amide bonds. The number of nitrogens with one attached hydrogen (secondary N) is 1. The predicted octanol–water partition coefficient (Wildman–Crippen LogP) is 5.41. The van der Waals surface area contributed by atoms with Crippen LogP contribution < -0.4 is 5.32 Å². The minimum absolute atomic E-state index is 0.224. The number of carbonyl (C=O) groups excluding carboxylic acids is 3. The van der Waals surface area contributed by atoms with Gasteiger partial charge in [-0.2, -0.15) is 0 Å². The first-order chi connectivity index (χ1) is 17.7. The fourth-order valence-electron chi connectivity index (χ4n) is 4.82. The van der Waals surface area contributed by atoms with Crippen LogP contribution in [0.3, 0.4) is 0 Å². The predicted molar refractivity (Wildman–Crippen MR) is 144 cm³/mol. The Labute approximate surface area is 222 Å². The lowest BCUT2D eigenvalue weighted by molar-refractivity contribution is -0.127. The van der Waals surface area contributed by atoms with Crippen LogP contribution in [-0.4, -0.2) is 44.1 Å². The summed E-state index contributed by atoms with van der Waals surface area (Å²) in [7, 11) is 0. The highest BCUT2D eigenvalue weighted by molar-refractivity contribution is 8.18. The number of aryl methyl sites for hydroxylation is 2. The summed E-state index contributed by atoms with van der Waals surface area (Å²) >= 11 is 2.31. The number of carboxylic acids is 1. The van der Waals surface area contributed by atoms with Crippen molar-refractivity contribution in [1.82, 2.24) is 9.47 Å². The van der Waals surface area contributed by atoms with Crippen molar-refractivity contribution in [3.05, 3.63) is 74.3 Å². The lowest BCUT2D eigenvalue weighted by Crippen LogP contribution is -2.36. The van der Waals surface area contributed by atoms with Gasteiger partial charge >= 0.3 is 5.97 Å². The van der Waals surface area contributed by atoms with Crippen molar-refractivity contribution in [2.75, 3.05) is 11.9 Å². The number of carboxylic acid groups (broad SMARTS) is 1. The van der Waals surface area contributed by atoms with Gasteiger partial charge in [0.25, 0.3) is 11.1 Å². The highest BCUT2D eigenvalue weighted by Crippen LogP contribution is 2.39. The van der Waals surface area contributed by atoms with Gasteiger partial charge in [0.15, 0.2) is 0 Å². The van der Waals surface area contributed by atoms with Gasteiger partial charge in [-0.05, 0) is 86.7 Å². The summed E-state index contributed by atoms with van der Waals surface area (Å²) in [5, 5.41) is 12.9. The molecule has 2 aromatic heterocycles. The van der Waals surface area contributed by atoms with Gasteiger partial charge in [0.05, 0.1) is 10.5 Å². The Hall–Kier alpha value is -3.63. The zero-order chi connectivity index (χ0) is 26.3. The number of hydrogen-bond donors (Lipinski definition) is 2. The fourth-order valence-corrected chi connectivity index (χ4v) is 7.14. The van der Waals surface area contributed by atoms with Crippen LogP contribution in [0.4, 0.5) is 10.5 Å². The molecule has 1 aliphatic carbocycles. The summed E-state index contributed by atoms with van der Waals surface area (Å²) < 4.78 is 1.93. The van der Waals surface area contributed by atoms with Crippen molar-refractivity contribution in [3.8, 4) is 5.00 Å². The summed E-state index contributed by atoms with van der Waals surface area (Å²) in [4.78, 5) is 52.5. The summed E-state index contributed by atoms with van der Waals surface area (Å²) in [5.74, 6) is -1.92. The number of thiophene rings is 1.